The van der Waals surface area contributed by atoms with E-state index in [1.54, 1.807) is 0 Å². The van der Waals surface area contributed by atoms with Gasteiger partial charge in [0.25, 0.3) is 0 Å². The molecule has 0 aliphatic rings. The number of aliphatic hydroxyl groups excluding tert-OH is 1. The third kappa shape index (κ3) is 1.21. The van der Waals surface area contributed by atoms with Crippen LogP contribution in [0.2, 0.25) is 0 Å². The van der Waals surface area contributed by atoms with Crippen molar-refractivity contribution < 1.29 is 15.0 Å². The molecule has 0 saturated carbocycles. The maximum atomic E-state index is 10.6. The van der Waals surface area contributed by atoms with Crippen molar-refractivity contribution in [2.75, 3.05) is 0 Å². The van der Waals surface area contributed by atoms with Gasteiger partial charge >= 0.3 is 5.97 Å². The number of carboxylic acids is 1. The average Bonchev–Trinajstić information content (AvgIpc) is 2.59. The maximum Gasteiger partial charge on any atom is 0.337 e. The van der Waals surface area contributed by atoms with Crippen LogP contribution in [-0.4, -0.2) is 30.8 Å². The van der Waals surface area contributed by atoms with Gasteiger partial charge in [-0.3, -0.25) is 4.40 Å². The second kappa shape index (κ2) is 3.08. The van der Waals surface area contributed by atoms with Gasteiger partial charge in [-0.15, -0.1) is 10.2 Å². The van der Waals surface area contributed by atoms with Gasteiger partial charge in [-0.2, -0.15) is 0 Å². The summed E-state index contributed by atoms with van der Waals surface area (Å²) in [7, 11) is 0. The van der Waals surface area contributed by atoms with Crippen molar-refractivity contribution in [2.45, 2.75) is 6.61 Å². The van der Waals surface area contributed by atoms with E-state index in [2.05, 4.69) is 10.2 Å². The highest BCUT2D eigenvalue weighted by Gasteiger charge is 2.07. The lowest BCUT2D eigenvalue weighted by molar-refractivity contribution is 0.0696. The summed E-state index contributed by atoms with van der Waals surface area (Å²) in [5.41, 5.74) is 0.644. The molecule has 0 aromatic carbocycles. The number of fused-ring (bicyclic) bond motifs is 1. The number of rotatable bonds is 2. The maximum absolute atomic E-state index is 10.6. The Balaban J connectivity index is 2.67. The Hall–Kier alpha value is -1.95. The fraction of sp³-hybridized carbons (Fsp3) is 0.125. The Morgan fingerprint density at radius 2 is 2.21 bits per heavy atom. The zero-order chi connectivity index (χ0) is 10.1. The Bertz CT molecular complexity index is 492. The molecule has 0 spiro atoms. The van der Waals surface area contributed by atoms with Crippen molar-refractivity contribution in [1.29, 1.82) is 0 Å². The minimum Gasteiger partial charge on any atom is -0.478 e. The van der Waals surface area contributed by atoms with Crippen molar-refractivity contribution in [2.24, 2.45) is 0 Å². The van der Waals surface area contributed by atoms with Crippen LogP contribution >= 0.6 is 0 Å². The first-order valence-corrected chi connectivity index (χ1v) is 3.90. The Labute approximate surface area is 78.4 Å². The van der Waals surface area contributed by atoms with Crippen LogP contribution in [0.1, 0.15) is 16.2 Å². The van der Waals surface area contributed by atoms with E-state index in [-0.39, 0.29) is 12.2 Å². The third-order valence-electron chi connectivity index (χ3n) is 1.86. The number of hydrogen-bond acceptors (Lipinski definition) is 4. The van der Waals surface area contributed by atoms with Crippen LogP contribution in [0, 0.1) is 0 Å². The van der Waals surface area contributed by atoms with Crippen LogP contribution in [0.5, 0.6) is 0 Å². The molecule has 0 amide bonds. The topological polar surface area (TPSA) is 87.7 Å². The molecule has 6 heteroatoms. The highest BCUT2D eigenvalue weighted by atomic mass is 16.4. The molecule has 2 heterocycles. The molecule has 2 rings (SSSR count). The fourth-order valence-corrected chi connectivity index (χ4v) is 1.17. The molecule has 72 valence electrons. The second-order valence-electron chi connectivity index (χ2n) is 2.73. The molecule has 6 nitrogen and oxygen atoms in total. The molecular weight excluding hydrogens is 186 g/mol. The predicted molar refractivity (Wildman–Crippen MR) is 45.9 cm³/mol. The van der Waals surface area contributed by atoms with E-state index in [1.807, 2.05) is 0 Å². The number of carboxylic acid groups (broad SMARTS) is 1. The van der Waals surface area contributed by atoms with Gasteiger partial charge in [0.15, 0.2) is 11.5 Å². The lowest BCUT2D eigenvalue weighted by Crippen LogP contribution is -2.00. The average molecular weight is 193 g/mol. The molecule has 2 N–H and O–H groups in total. The molecule has 2 aromatic heterocycles. The standard InChI is InChI=1S/C8H7N3O3/c12-4-7-10-9-6-2-1-5(8(13)14)3-11(6)7/h1-3,12H,4H2,(H,13,14). The Morgan fingerprint density at radius 1 is 1.43 bits per heavy atom. The van der Waals surface area contributed by atoms with Gasteiger partial charge in [0, 0.05) is 6.20 Å². The zero-order valence-corrected chi connectivity index (χ0v) is 7.08. The number of aliphatic hydroxyl groups is 1. The van der Waals surface area contributed by atoms with Crippen LogP contribution in [0.3, 0.4) is 0 Å². The van der Waals surface area contributed by atoms with Crippen LogP contribution in [0.4, 0.5) is 0 Å². The van der Waals surface area contributed by atoms with E-state index in [0.717, 1.165) is 0 Å². The van der Waals surface area contributed by atoms with E-state index in [0.29, 0.717) is 11.5 Å². The van der Waals surface area contributed by atoms with Crippen molar-refractivity contribution >= 4 is 11.6 Å². The number of aromatic carboxylic acids is 1. The number of carbonyl (C=O) groups is 1. The van der Waals surface area contributed by atoms with Gasteiger partial charge in [0.1, 0.15) is 6.61 Å². The van der Waals surface area contributed by atoms with Gasteiger partial charge in [0.05, 0.1) is 5.56 Å². The number of nitrogens with zero attached hydrogens (tertiary/aromatic N) is 3. The van der Waals surface area contributed by atoms with Crippen LogP contribution in [0.25, 0.3) is 5.65 Å². The number of hydrogen-bond donors (Lipinski definition) is 2. The summed E-state index contributed by atoms with van der Waals surface area (Å²) in [5, 5.41) is 25.0. The van der Waals surface area contributed by atoms with Crippen molar-refractivity contribution in [3.05, 3.63) is 29.7 Å². The van der Waals surface area contributed by atoms with Crippen LogP contribution < -0.4 is 0 Å². The van der Waals surface area contributed by atoms with E-state index in [9.17, 15) is 4.79 Å². The lowest BCUT2D eigenvalue weighted by Gasteiger charge is -1.97. The summed E-state index contributed by atoms with van der Waals surface area (Å²) in [6.07, 6.45) is 1.38. The molecule has 0 aliphatic heterocycles. The van der Waals surface area contributed by atoms with Crippen molar-refractivity contribution in [1.82, 2.24) is 14.6 Å². The first-order chi connectivity index (χ1) is 6.72. The Kier molecular flexibility index (Phi) is 1.90. The van der Waals surface area contributed by atoms with Gasteiger partial charge in [0.2, 0.25) is 0 Å². The zero-order valence-electron chi connectivity index (χ0n) is 7.08. The van der Waals surface area contributed by atoms with Gasteiger partial charge in [-0.05, 0) is 12.1 Å². The molecule has 0 bridgehead atoms. The number of pyridine rings is 1. The summed E-state index contributed by atoms with van der Waals surface area (Å²) >= 11 is 0. The monoisotopic (exact) mass is 193 g/mol. The smallest absolute Gasteiger partial charge is 0.337 e. The Morgan fingerprint density at radius 3 is 2.86 bits per heavy atom. The van der Waals surface area contributed by atoms with E-state index < -0.39 is 5.97 Å². The molecule has 0 fully saturated rings. The first-order valence-electron chi connectivity index (χ1n) is 3.90. The molecule has 0 unspecified atom stereocenters. The van der Waals surface area contributed by atoms with E-state index in [1.165, 1.54) is 22.7 Å². The minimum absolute atomic E-state index is 0.131. The SMILES string of the molecule is O=C(O)c1ccc2nnc(CO)n2c1. The third-order valence-corrected chi connectivity index (χ3v) is 1.86. The van der Waals surface area contributed by atoms with Crippen LogP contribution in [0.15, 0.2) is 18.3 Å². The van der Waals surface area contributed by atoms with Gasteiger partial charge in [-0.25, -0.2) is 4.79 Å². The molecule has 0 saturated heterocycles. The van der Waals surface area contributed by atoms with Gasteiger partial charge < -0.3 is 10.2 Å². The lowest BCUT2D eigenvalue weighted by atomic mass is 10.3. The highest BCUT2D eigenvalue weighted by molar-refractivity contribution is 5.87. The molecule has 0 radical (unpaired) electrons. The fourth-order valence-electron chi connectivity index (χ4n) is 1.17. The molecule has 0 aliphatic carbocycles. The van der Waals surface area contributed by atoms with Crippen molar-refractivity contribution in [3.63, 3.8) is 0 Å². The summed E-state index contributed by atoms with van der Waals surface area (Å²) < 4.78 is 1.45. The number of aromatic nitrogens is 3. The second-order valence-corrected chi connectivity index (χ2v) is 2.73. The van der Waals surface area contributed by atoms with E-state index >= 15 is 0 Å². The summed E-state index contributed by atoms with van der Waals surface area (Å²) in [6.45, 7) is -0.274. The van der Waals surface area contributed by atoms with E-state index in [4.69, 9.17) is 10.2 Å². The van der Waals surface area contributed by atoms with Crippen LogP contribution in [-0.2, 0) is 6.61 Å². The summed E-state index contributed by atoms with van der Waals surface area (Å²) in [4.78, 5) is 10.6. The minimum atomic E-state index is -1.02. The largest absolute Gasteiger partial charge is 0.478 e. The molecular formula is C8H7N3O3. The normalized spacial score (nSPS) is 10.6. The molecule has 2 aromatic rings. The first kappa shape index (κ1) is 8.64. The van der Waals surface area contributed by atoms with Gasteiger partial charge in [-0.1, -0.05) is 0 Å². The predicted octanol–water partition coefficient (Wildman–Crippen LogP) is -0.0802. The summed E-state index contributed by atoms with van der Waals surface area (Å²) in [6, 6.07) is 2.98. The molecule has 14 heavy (non-hydrogen) atoms. The van der Waals surface area contributed by atoms with Crippen molar-refractivity contribution in [3.8, 4) is 0 Å². The molecule has 0 atom stereocenters. The highest BCUT2D eigenvalue weighted by Crippen LogP contribution is 2.06. The summed E-state index contributed by atoms with van der Waals surface area (Å²) in [5.74, 6) is -0.701. The quantitative estimate of drug-likeness (QED) is 0.696.